The van der Waals surface area contributed by atoms with Crippen molar-refractivity contribution in [1.82, 2.24) is 0 Å². The first-order valence-electron chi connectivity index (χ1n) is 18.7. The molecular formula is C45H56. The van der Waals surface area contributed by atoms with Crippen molar-refractivity contribution in [2.45, 2.75) is 163 Å². The minimum absolute atomic E-state index is 0.0883. The molecule has 0 saturated heterocycles. The number of benzene rings is 2. The van der Waals surface area contributed by atoms with Gasteiger partial charge in [0.15, 0.2) is 0 Å². The molecule has 1 saturated carbocycles. The van der Waals surface area contributed by atoms with Gasteiger partial charge in [0.25, 0.3) is 0 Å². The molecule has 1 fully saturated rings. The maximum Gasteiger partial charge on any atom is 0.0245 e. The number of rotatable bonds is 0. The molecule has 0 amide bonds. The summed E-state index contributed by atoms with van der Waals surface area (Å²) >= 11 is 0. The predicted octanol–water partition coefficient (Wildman–Crippen LogP) is 10.1. The average molecular weight is 597 g/mol. The van der Waals surface area contributed by atoms with Crippen LogP contribution in [0.1, 0.15) is 161 Å². The van der Waals surface area contributed by atoms with Gasteiger partial charge in [0, 0.05) is 10.8 Å². The highest BCUT2D eigenvalue weighted by molar-refractivity contribution is 6.06. The summed E-state index contributed by atoms with van der Waals surface area (Å²) in [6.07, 6.45) is 16.9. The molecule has 2 atom stereocenters. The lowest BCUT2D eigenvalue weighted by Gasteiger charge is -2.58. The molecule has 236 valence electrons. The Bertz CT molecular complexity index is 2070. The standard InChI is InChI=1S/C45H56/c1-38(2)15-16-39(3,4)33-26-22-27-31-30(26)29-25(32(33)38)21-24-13-14-44-23-45(36(31)35(44)28(24)29,43(11,12)20-19-42(44,9)10)37-34(27)40(5,6)17-18-41(37,7)8/h13-14H,15-23H2,1-12H3. The van der Waals surface area contributed by atoms with Crippen molar-refractivity contribution >= 4 is 21.9 Å². The van der Waals surface area contributed by atoms with Gasteiger partial charge in [-0.25, -0.2) is 0 Å². The molecular weight excluding hydrogens is 540 g/mol. The zero-order chi connectivity index (χ0) is 31.9. The summed E-state index contributed by atoms with van der Waals surface area (Å²) < 4.78 is 0. The van der Waals surface area contributed by atoms with Crippen LogP contribution >= 0.6 is 0 Å². The van der Waals surface area contributed by atoms with E-state index in [1.807, 2.05) is 22.3 Å². The van der Waals surface area contributed by atoms with Crippen molar-refractivity contribution in [2.24, 2.45) is 21.7 Å². The van der Waals surface area contributed by atoms with Crippen molar-refractivity contribution in [2.75, 3.05) is 0 Å². The Morgan fingerprint density at radius 3 is 1.73 bits per heavy atom. The SMILES string of the molecule is CC1(C)CCC(C)(C)C2=C1C1=c3c4c5c6c7c(c8c(c(c37)C1)C(C)(C)CCC8(C)C)CC=6C=CC51CC24C(C)(C)CCC1(C)C. The molecule has 0 heteroatoms. The van der Waals surface area contributed by atoms with E-state index < -0.39 is 0 Å². The molecule has 0 heterocycles. The van der Waals surface area contributed by atoms with E-state index >= 15 is 0 Å². The van der Waals surface area contributed by atoms with Gasteiger partial charge in [0.2, 0.25) is 0 Å². The van der Waals surface area contributed by atoms with Crippen LogP contribution in [0.4, 0.5) is 0 Å². The van der Waals surface area contributed by atoms with E-state index in [1.54, 1.807) is 54.6 Å². The van der Waals surface area contributed by atoms with Crippen LogP contribution in [-0.4, -0.2) is 0 Å². The fourth-order valence-corrected chi connectivity index (χ4v) is 13.9. The Morgan fingerprint density at radius 1 is 0.511 bits per heavy atom. The topological polar surface area (TPSA) is 0 Å². The largest absolute Gasteiger partial charge is 0.0730 e. The Balaban J connectivity index is 1.55. The fraction of sp³-hybridized carbons (Fsp3) is 0.644. The van der Waals surface area contributed by atoms with Crippen molar-refractivity contribution in [3.8, 4) is 0 Å². The van der Waals surface area contributed by atoms with Crippen LogP contribution in [0.5, 0.6) is 0 Å². The number of hydrogen-bond donors (Lipinski definition) is 0. The van der Waals surface area contributed by atoms with E-state index in [0.717, 1.165) is 12.8 Å². The Morgan fingerprint density at radius 2 is 1.07 bits per heavy atom. The smallest absolute Gasteiger partial charge is 0.0245 e. The van der Waals surface area contributed by atoms with Crippen LogP contribution in [0, 0.1) is 21.7 Å². The van der Waals surface area contributed by atoms with E-state index in [0.29, 0.717) is 0 Å². The molecule has 2 unspecified atom stereocenters. The third kappa shape index (κ3) is 2.65. The molecule has 45 heavy (non-hydrogen) atoms. The molecule has 2 aromatic rings. The molecule has 2 aromatic carbocycles. The zero-order valence-electron chi connectivity index (χ0n) is 30.5. The maximum absolute atomic E-state index is 2.81. The van der Waals surface area contributed by atoms with Crippen LogP contribution in [0.3, 0.4) is 0 Å². The van der Waals surface area contributed by atoms with E-state index in [2.05, 4.69) is 95.2 Å². The molecule has 10 rings (SSSR count). The van der Waals surface area contributed by atoms with Gasteiger partial charge in [-0.2, -0.15) is 0 Å². The Labute approximate surface area is 272 Å². The monoisotopic (exact) mass is 596 g/mol. The zero-order valence-corrected chi connectivity index (χ0v) is 30.5. The number of allylic oxidation sites excluding steroid dienone is 4. The van der Waals surface area contributed by atoms with E-state index in [4.69, 9.17) is 0 Å². The van der Waals surface area contributed by atoms with Crippen LogP contribution in [-0.2, 0) is 34.5 Å². The molecule has 2 bridgehead atoms. The van der Waals surface area contributed by atoms with E-state index in [1.165, 1.54) is 44.9 Å². The van der Waals surface area contributed by atoms with Gasteiger partial charge in [-0.1, -0.05) is 95.2 Å². The summed E-state index contributed by atoms with van der Waals surface area (Å²) in [5, 5.41) is 6.97. The normalized spacial score (nSPS) is 34.8. The summed E-state index contributed by atoms with van der Waals surface area (Å²) in [5.74, 6) is 0. The second-order valence-electron chi connectivity index (χ2n) is 21.3. The van der Waals surface area contributed by atoms with Crippen molar-refractivity contribution in [3.05, 3.63) is 67.1 Å². The quantitative estimate of drug-likeness (QED) is 0.284. The Kier molecular flexibility index (Phi) is 4.46. The minimum atomic E-state index is 0.0883. The highest BCUT2D eigenvalue weighted by Gasteiger charge is 2.70. The lowest BCUT2D eigenvalue weighted by atomic mass is 9.45. The molecule has 2 spiro atoms. The predicted molar refractivity (Wildman–Crippen MR) is 190 cm³/mol. The first-order valence-corrected chi connectivity index (χ1v) is 18.7. The van der Waals surface area contributed by atoms with Gasteiger partial charge in [-0.3, -0.25) is 0 Å². The van der Waals surface area contributed by atoms with Gasteiger partial charge in [-0.05, 0) is 167 Å². The molecule has 0 N–H and O–H groups in total. The molecule has 8 aliphatic rings. The van der Waals surface area contributed by atoms with Gasteiger partial charge in [0.05, 0.1) is 0 Å². The minimum Gasteiger partial charge on any atom is -0.0730 e. The molecule has 0 aliphatic heterocycles. The maximum atomic E-state index is 2.81. The fourth-order valence-electron chi connectivity index (χ4n) is 13.9. The highest BCUT2D eigenvalue weighted by Crippen LogP contribution is 2.75. The van der Waals surface area contributed by atoms with Crippen LogP contribution < -0.4 is 10.4 Å². The Hall–Kier alpha value is -2.08. The summed E-state index contributed by atoms with van der Waals surface area (Å²) in [7, 11) is 0. The first-order chi connectivity index (χ1) is 20.7. The number of fused-ring (bicyclic) bond motifs is 4. The third-order valence-electron chi connectivity index (χ3n) is 16.5. The van der Waals surface area contributed by atoms with Crippen LogP contribution in [0.2, 0.25) is 0 Å². The van der Waals surface area contributed by atoms with Gasteiger partial charge in [-0.15, -0.1) is 0 Å². The lowest BCUT2D eigenvalue weighted by Crippen LogP contribution is -2.53. The molecule has 0 aromatic heterocycles. The average Bonchev–Trinajstić information content (AvgIpc) is 3.59. The van der Waals surface area contributed by atoms with Gasteiger partial charge in [0.1, 0.15) is 0 Å². The second-order valence-corrected chi connectivity index (χ2v) is 21.3. The lowest BCUT2D eigenvalue weighted by molar-refractivity contribution is 0.128. The highest BCUT2D eigenvalue weighted by atomic mass is 14.7. The van der Waals surface area contributed by atoms with Crippen LogP contribution in [0.15, 0.2) is 23.3 Å². The summed E-state index contributed by atoms with van der Waals surface area (Å²) in [6, 6.07) is 0. The van der Waals surface area contributed by atoms with Crippen LogP contribution in [0.25, 0.3) is 21.9 Å². The summed E-state index contributed by atoms with van der Waals surface area (Å²) in [6.45, 7) is 31.7. The molecule has 0 nitrogen and oxygen atoms in total. The van der Waals surface area contributed by atoms with Gasteiger partial charge < -0.3 is 0 Å². The summed E-state index contributed by atoms with van der Waals surface area (Å²) in [4.78, 5) is 0. The molecule has 8 aliphatic carbocycles. The van der Waals surface area contributed by atoms with Gasteiger partial charge >= 0.3 is 0 Å². The second kappa shape index (κ2) is 7.17. The third-order valence-corrected chi connectivity index (χ3v) is 16.5. The first kappa shape index (κ1) is 28.0. The van der Waals surface area contributed by atoms with E-state index in [-0.39, 0.29) is 43.3 Å². The van der Waals surface area contributed by atoms with Crippen molar-refractivity contribution in [1.29, 1.82) is 0 Å². The molecule has 0 radical (unpaired) electrons. The number of hydrogen-bond acceptors (Lipinski definition) is 0. The van der Waals surface area contributed by atoms with Crippen molar-refractivity contribution < 1.29 is 0 Å². The summed E-state index contributed by atoms with van der Waals surface area (Å²) in [5.41, 5.74) is 19.3. The van der Waals surface area contributed by atoms with E-state index in [9.17, 15) is 0 Å². The van der Waals surface area contributed by atoms with Crippen molar-refractivity contribution in [3.63, 3.8) is 0 Å².